The Bertz CT molecular complexity index is 446. The third kappa shape index (κ3) is 2.20. The first-order chi connectivity index (χ1) is 7.93. The number of nitrogens with one attached hydrogen (secondary N) is 1. The molecule has 1 heterocycles. The van der Waals surface area contributed by atoms with E-state index in [9.17, 15) is 4.79 Å². The van der Waals surface area contributed by atoms with Crippen LogP contribution in [-0.4, -0.2) is 27.8 Å². The maximum atomic E-state index is 12.1. The molecule has 1 saturated carbocycles. The molecule has 0 saturated heterocycles. The quantitative estimate of drug-likeness (QED) is 0.809. The van der Waals surface area contributed by atoms with Gasteiger partial charge in [0.05, 0.1) is 11.3 Å². The molecule has 0 atom stereocenters. The van der Waals surface area contributed by atoms with Crippen molar-refractivity contribution in [3.63, 3.8) is 0 Å². The Morgan fingerprint density at radius 2 is 2.18 bits per heavy atom. The minimum Gasteiger partial charge on any atom is -0.350 e. The summed E-state index contributed by atoms with van der Waals surface area (Å²) in [6.45, 7) is 4.31. The lowest BCUT2D eigenvalue weighted by atomic mass is 9.78. The Morgan fingerprint density at radius 3 is 2.59 bits per heavy atom. The normalized spacial score (nSPS) is 17.6. The van der Waals surface area contributed by atoms with Gasteiger partial charge >= 0.3 is 0 Å². The molecule has 0 unspecified atom stereocenters. The molecule has 0 spiro atoms. The summed E-state index contributed by atoms with van der Waals surface area (Å²) in [5.74, 6) is -0.0650. The predicted octanol–water partition coefficient (Wildman–Crippen LogP) is 0.648. The Labute approximate surface area is 101 Å². The van der Waals surface area contributed by atoms with Crippen LogP contribution in [0.15, 0.2) is 0 Å². The fraction of sp³-hybridized carbons (Fsp3) is 0.667. The second kappa shape index (κ2) is 4.14. The first-order valence-electron chi connectivity index (χ1n) is 6.00. The SMILES string of the molecule is Cc1nn(C)c(C)c1C(=O)NCC1(N)CCC1. The smallest absolute Gasteiger partial charge is 0.255 e. The predicted molar refractivity (Wildman–Crippen MR) is 65.8 cm³/mol. The topological polar surface area (TPSA) is 72.9 Å². The third-order valence-corrected chi connectivity index (χ3v) is 3.69. The highest BCUT2D eigenvalue weighted by Gasteiger charge is 2.33. The van der Waals surface area contributed by atoms with Crippen LogP contribution >= 0.6 is 0 Å². The lowest BCUT2D eigenvalue weighted by Gasteiger charge is -2.38. The van der Waals surface area contributed by atoms with E-state index in [4.69, 9.17) is 5.73 Å². The van der Waals surface area contributed by atoms with Crippen LogP contribution in [0, 0.1) is 13.8 Å². The van der Waals surface area contributed by atoms with Gasteiger partial charge in [-0.05, 0) is 33.1 Å². The van der Waals surface area contributed by atoms with E-state index >= 15 is 0 Å². The van der Waals surface area contributed by atoms with Gasteiger partial charge in [0.15, 0.2) is 0 Å². The highest BCUT2D eigenvalue weighted by molar-refractivity contribution is 5.96. The van der Waals surface area contributed by atoms with E-state index in [1.54, 1.807) is 4.68 Å². The highest BCUT2D eigenvalue weighted by atomic mass is 16.1. The molecule has 5 nitrogen and oxygen atoms in total. The van der Waals surface area contributed by atoms with E-state index in [2.05, 4.69) is 10.4 Å². The van der Waals surface area contributed by atoms with Crippen molar-refractivity contribution in [1.29, 1.82) is 0 Å². The number of amides is 1. The highest BCUT2D eigenvalue weighted by Crippen LogP contribution is 2.28. The van der Waals surface area contributed by atoms with Gasteiger partial charge in [-0.25, -0.2) is 0 Å². The van der Waals surface area contributed by atoms with Crippen molar-refractivity contribution >= 4 is 5.91 Å². The molecule has 0 aromatic carbocycles. The standard InChI is InChI=1S/C12H20N4O/c1-8-10(9(2)16(3)15-8)11(17)14-7-12(13)5-4-6-12/h4-7,13H2,1-3H3,(H,14,17). The molecule has 3 N–H and O–H groups in total. The van der Waals surface area contributed by atoms with Crippen molar-refractivity contribution in [3.05, 3.63) is 17.0 Å². The molecule has 0 aliphatic heterocycles. The van der Waals surface area contributed by atoms with E-state index < -0.39 is 0 Å². The van der Waals surface area contributed by atoms with E-state index in [1.807, 2.05) is 20.9 Å². The summed E-state index contributed by atoms with van der Waals surface area (Å²) in [7, 11) is 1.84. The van der Waals surface area contributed by atoms with Crippen LogP contribution in [0.25, 0.3) is 0 Å². The first-order valence-corrected chi connectivity index (χ1v) is 6.00. The molecular weight excluding hydrogens is 216 g/mol. The van der Waals surface area contributed by atoms with Crippen LogP contribution < -0.4 is 11.1 Å². The van der Waals surface area contributed by atoms with E-state index in [-0.39, 0.29) is 11.4 Å². The Morgan fingerprint density at radius 1 is 1.53 bits per heavy atom. The van der Waals surface area contributed by atoms with Crippen LogP contribution in [0.5, 0.6) is 0 Å². The van der Waals surface area contributed by atoms with Gasteiger partial charge in [0, 0.05) is 24.8 Å². The van der Waals surface area contributed by atoms with Crippen LogP contribution in [0.4, 0.5) is 0 Å². The summed E-state index contributed by atoms with van der Waals surface area (Å²) in [5.41, 5.74) is 8.22. The van der Waals surface area contributed by atoms with E-state index in [1.165, 1.54) is 0 Å². The van der Waals surface area contributed by atoms with Crippen molar-refractivity contribution < 1.29 is 4.79 Å². The first kappa shape index (κ1) is 12.1. The van der Waals surface area contributed by atoms with Gasteiger partial charge in [0.2, 0.25) is 0 Å². The Hall–Kier alpha value is -1.36. The van der Waals surface area contributed by atoms with Gasteiger partial charge in [-0.3, -0.25) is 9.48 Å². The Kier molecular flexibility index (Phi) is 2.95. The molecule has 0 radical (unpaired) electrons. The fourth-order valence-electron chi connectivity index (χ4n) is 2.25. The molecule has 17 heavy (non-hydrogen) atoms. The fourth-order valence-corrected chi connectivity index (χ4v) is 2.25. The molecule has 1 fully saturated rings. The molecule has 1 aromatic rings. The molecular formula is C12H20N4O. The molecule has 2 rings (SSSR count). The van der Waals surface area contributed by atoms with Crippen LogP contribution in [0.2, 0.25) is 0 Å². The van der Waals surface area contributed by atoms with Gasteiger partial charge in [-0.15, -0.1) is 0 Å². The number of rotatable bonds is 3. The maximum absolute atomic E-state index is 12.1. The van der Waals surface area contributed by atoms with Gasteiger partial charge in [-0.2, -0.15) is 5.10 Å². The molecule has 0 bridgehead atoms. The summed E-state index contributed by atoms with van der Waals surface area (Å²) in [5, 5.41) is 7.15. The summed E-state index contributed by atoms with van der Waals surface area (Å²) in [6, 6.07) is 0. The number of aryl methyl sites for hydroxylation is 2. The number of carbonyl (C=O) groups is 1. The maximum Gasteiger partial charge on any atom is 0.255 e. The summed E-state index contributed by atoms with van der Waals surface area (Å²) in [6.07, 6.45) is 3.16. The molecule has 5 heteroatoms. The number of hydrogen-bond acceptors (Lipinski definition) is 3. The number of nitrogens with two attached hydrogens (primary N) is 1. The molecule has 1 amide bonds. The molecule has 1 aromatic heterocycles. The van der Waals surface area contributed by atoms with Gasteiger partial charge in [0.1, 0.15) is 0 Å². The average Bonchev–Trinajstić information content (AvgIpc) is 2.47. The van der Waals surface area contributed by atoms with Crippen LogP contribution in [0.1, 0.15) is 41.0 Å². The lowest BCUT2D eigenvalue weighted by molar-refractivity contribution is 0.0928. The third-order valence-electron chi connectivity index (χ3n) is 3.69. The summed E-state index contributed by atoms with van der Waals surface area (Å²) in [4.78, 5) is 12.1. The Balaban J connectivity index is 2.04. The molecule has 94 valence electrons. The lowest BCUT2D eigenvalue weighted by Crippen LogP contribution is -2.55. The minimum absolute atomic E-state index is 0.0650. The summed E-state index contributed by atoms with van der Waals surface area (Å²) >= 11 is 0. The van der Waals surface area contributed by atoms with Gasteiger partial charge in [-0.1, -0.05) is 0 Å². The van der Waals surface area contributed by atoms with Crippen LogP contribution in [0.3, 0.4) is 0 Å². The van der Waals surface area contributed by atoms with Gasteiger partial charge in [0.25, 0.3) is 5.91 Å². The number of hydrogen-bond donors (Lipinski definition) is 2. The zero-order chi connectivity index (χ0) is 12.6. The minimum atomic E-state index is -0.181. The van der Waals surface area contributed by atoms with E-state index in [0.29, 0.717) is 12.1 Å². The van der Waals surface area contributed by atoms with Crippen molar-refractivity contribution in [2.24, 2.45) is 12.8 Å². The second-order valence-electron chi connectivity index (χ2n) is 5.07. The molecule has 1 aliphatic carbocycles. The number of carbonyl (C=O) groups excluding carboxylic acids is 1. The van der Waals surface area contributed by atoms with E-state index in [0.717, 1.165) is 30.7 Å². The van der Waals surface area contributed by atoms with Crippen molar-refractivity contribution in [3.8, 4) is 0 Å². The van der Waals surface area contributed by atoms with Gasteiger partial charge < -0.3 is 11.1 Å². The summed E-state index contributed by atoms with van der Waals surface area (Å²) < 4.78 is 1.73. The van der Waals surface area contributed by atoms with Crippen molar-refractivity contribution in [2.45, 2.75) is 38.6 Å². The zero-order valence-corrected chi connectivity index (χ0v) is 10.7. The second-order valence-corrected chi connectivity index (χ2v) is 5.07. The van der Waals surface area contributed by atoms with Crippen molar-refractivity contribution in [1.82, 2.24) is 15.1 Å². The number of aromatic nitrogens is 2. The molecule has 1 aliphatic rings. The van der Waals surface area contributed by atoms with Crippen molar-refractivity contribution in [2.75, 3.05) is 6.54 Å². The largest absolute Gasteiger partial charge is 0.350 e. The zero-order valence-electron chi connectivity index (χ0n) is 10.7. The average molecular weight is 236 g/mol. The monoisotopic (exact) mass is 236 g/mol. The number of nitrogens with zero attached hydrogens (tertiary/aromatic N) is 2. The van der Waals surface area contributed by atoms with Crippen LogP contribution in [-0.2, 0) is 7.05 Å².